The smallest absolute Gasteiger partial charge is 0.270 e. The largest absolute Gasteiger partial charge is 0.379 e. The molecule has 1 saturated heterocycles. The van der Waals surface area contributed by atoms with E-state index in [0.717, 1.165) is 52.9 Å². The second kappa shape index (κ2) is 8.63. The Bertz CT molecular complexity index is 1150. The number of fused-ring (bicyclic) bond motifs is 1. The Labute approximate surface area is 182 Å². The van der Waals surface area contributed by atoms with Crippen molar-refractivity contribution in [3.05, 3.63) is 69.5 Å². The Balaban J connectivity index is 1.39. The van der Waals surface area contributed by atoms with Crippen LogP contribution < -0.4 is 5.32 Å². The highest BCUT2D eigenvalue weighted by Crippen LogP contribution is 2.27. The van der Waals surface area contributed by atoms with Gasteiger partial charge >= 0.3 is 0 Å². The number of benzene rings is 1. The maximum absolute atomic E-state index is 12.8. The van der Waals surface area contributed by atoms with Crippen LogP contribution >= 0.6 is 22.7 Å². The second-order valence-electron chi connectivity index (χ2n) is 7.44. The van der Waals surface area contributed by atoms with Crippen LogP contribution in [0.1, 0.15) is 34.5 Å². The van der Waals surface area contributed by atoms with Gasteiger partial charge in [0.25, 0.3) is 5.91 Å². The standard InChI is InChI=1S/C23H21N3O2S2/c27-23(25-18-2-1-8-28-12-18)20-11-17(22-19(26-20)7-9-30-22)10-15-3-5-16(6-4-15)21-13-29-14-24-21/h3-7,9,11,13-14,18H,1-2,8,10,12H2,(H,25,27)/t18-/m1/s1. The van der Waals surface area contributed by atoms with Crippen molar-refractivity contribution in [2.75, 3.05) is 13.2 Å². The Hall–Kier alpha value is -2.61. The molecule has 1 fully saturated rings. The number of carbonyl (C=O) groups is 1. The van der Waals surface area contributed by atoms with Gasteiger partial charge in [0.05, 0.1) is 34.1 Å². The number of hydrogen-bond acceptors (Lipinski definition) is 6. The van der Waals surface area contributed by atoms with Crippen molar-refractivity contribution >= 4 is 38.8 Å². The molecule has 30 heavy (non-hydrogen) atoms. The Morgan fingerprint density at radius 1 is 1.23 bits per heavy atom. The zero-order chi connectivity index (χ0) is 20.3. The summed E-state index contributed by atoms with van der Waals surface area (Å²) < 4.78 is 6.61. The summed E-state index contributed by atoms with van der Waals surface area (Å²) in [5.74, 6) is -0.126. The van der Waals surface area contributed by atoms with Crippen molar-refractivity contribution in [1.29, 1.82) is 0 Å². The lowest BCUT2D eigenvalue weighted by molar-refractivity contribution is 0.0622. The normalized spacial score (nSPS) is 16.6. The second-order valence-corrected chi connectivity index (χ2v) is 9.07. The van der Waals surface area contributed by atoms with Crippen LogP contribution in [0.4, 0.5) is 0 Å². The molecule has 1 amide bonds. The summed E-state index contributed by atoms with van der Waals surface area (Å²) in [5, 5.41) is 7.16. The number of rotatable bonds is 5. The SMILES string of the molecule is O=C(N[C@@H]1CCCOC1)c1cc(Cc2ccc(-c3cscn3)cc2)c2sccc2n1. The predicted molar refractivity (Wildman–Crippen MR) is 121 cm³/mol. The minimum atomic E-state index is -0.126. The number of aromatic nitrogens is 2. The number of nitrogens with zero attached hydrogens (tertiary/aromatic N) is 2. The topological polar surface area (TPSA) is 64.1 Å². The molecule has 152 valence electrons. The van der Waals surface area contributed by atoms with Gasteiger partial charge in [0.15, 0.2) is 0 Å². The van der Waals surface area contributed by atoms with Gasteiger partial charge in [-0.2, -0.15) is 0 Å². The first-order valence-electron chi connectivity index (χ1n) is 9.99. The number of carbonyl (C=O) groups excluding carboxylic acids is 1. The third kappa shape index (κ3) is 4.14. The van der Waals surface area contributed by atoms with E-state index in [2.05, 4.69) is 44.9 Å². The summed E-state index contributed by atoms with van der Waals surface area (Å²) in [6, 6.07) is 12.5. The lowest BCUT2D eigenvalue weighted by Crippen LogP contribution is -2.40. The van der Waals surface area contributed by atoms with Gasteiger partial charge in [0.1, 0.15) is 5.69 Å². The highest BCUT2D eigenvalue weighted by Gasteiger charge is 2.19. The average Bonchev–Trinajstić information content (AvgIpc) is 3.47. The first kappa shape index (κ1) is 19.4. The van der Waals surface area contributed by atoms with Crippen LogP contribution in [0.2, 0.25) is 0 Å². The summed E-state index contributed by atoms with van der Waals surface area (Å²) in [4.78, 5) is 21.8. The van der Waals surface area contributed by atoms with E-state index in [4.69, 9.17) is 4.74 Å². The molecular weight excluding hydrogens is 414 g/mol. The molecule has 3 aromatic heterocycles. The van der Waals surface area contributed by atoms with E-state index in [1.54, 1.807) is 22.7 Å². The Morgan fingerprint density at radius 2 is 2.13 bits per heavy atom. The molecule has 1 aliphatic rings. The summed E-state index contributed by atoms with van der Waals surface area (Å²) in [5.41, 5.74) is 7.64. The molecule has 0 radical (unpaired) electrons. The maximum atomic E-state index is 12.8. The van der Waals surface area contributed by atoms with E-state index in [1.807, 2.05) is 23.0 Å². The van der Waals surface area contributed by atoms with Gasteiger partial charge in [-0.15, -0.1) is 22.7 Å². The molecule has 7 heteroatoms. The lowest BCUT2D eigenvalue weighted by atomic mass is 10.0. The minimum Gasteiger partial charge on any atom is -0.379 e. The Morgan fingerprint density at radius 3 is 2.90 bits per heavy atom. The van der Waals surface area contributed by atoms with E-state index in [9.17, 15) is 4.79 Å². The number of ether oxygens (including phenoxy) is 1. The molecule has 1 N–H and O–H groups in total. The van der Waals surface area contributed by atoms with Gasteiger partial charge in [-0.3, -0.25) is 4.79 Å². The average molecular weight is 436 g/mol. The number of thiazole rings is 1. The zero-order valence-electron chi connectivity index (χ0n) is 16.3. The highest BCUT2D eigenvalue weighted by atomic mass is 32.1. The van der Waals surface area contributed by atoms with E-state index >= 15 is 0 Å². The quantitative estimate of drug-likeness (QED) is 0.483. The number of hydrogen-bond donors (Lipinski definition) is 1. The zero-order valence-corrected chi connectivity index (χ0v) is 18.0. The van der Waals surface area contributed by atoms with Gasteiger partial charge in [0, 0.05) is 17.6 Å². The third-order valence-corrected chi connectivity index (χ3v) is 6.86. The van der Waals surface area contributed by atoms with Crippen LogP contribution in [0.25, 0.3) is 21.5 Å². The molecule has 0 saturated carbocycles. The Kier molecular flexibility index (Phi) is 5.57. The maximum Gasteiger partial charge on any atom is 0.270 e. The summed E-state index contributed by atoms with van der Waals surface area (Å²) in [6.45, 7) is 1.35. The van der Waals surface area contributed by atoms with E-state index in [1.165, 1.54) is 5.56 Å². The van der Waals surface area contributed by atoms with Crippen LogP contribution in [-0.4, -0.2) is 35.1 Å². The molecule has 0 bridgehead atoms. The molecule has 5 rings (SSSR count). The molecule has 0 spiro atoms. The van der Waals surface area contributed by atoms with Crippen LogP contribution in [0.15, 0.2) is 52.7 Å². The van der Waals surface area contributed by atoms with Crippen LogP contribution in [-0.2, 0) is 11.2 Å². The van der Waals surface area contributed by atoms with Gasteiger partial charge in [-0.25, -0.2) is 9.97 Å². The van der Waals surface area contributed by atoms with E-state index < -0.39 is 0 Å². The summed E-state index contributed by atoms with van der Waals surface area (Å²) in [6.07, 6.45) is 2.68. The van der Waals surface area contributed by atoms with E-state index in [-0.39, 0.29) is 11.9 Å². The predicted octanol–water partition coefficient (Wildman–Crippen LogP) is 4.92. The highest BCUT2D eigenvalue weighted by molar-refractivity contribution is 7.17. The lowest BCUT2D eigenvalue weighted by Gasteiger charge is -2.23. The minimum absolute atomic E-state index is 0.0629. The van der Waals surface area contributed by atoms with Crippen molar-refractivity contribution in [3.8, 4) is 11.3 Å². The third-order valence-electron chi connectivity index (χ3n) is 5.29. The molecule has 1 aliphatic heterocycles. The fourth-order valence-electron chi connectivity index (χ4n) is 3.75. The van der Waals surface area contributed by atoms with Gasteiger partial charge in [-0.05, 0) is 47.9 Å². The van der Waals surface area contributed by atoms with Crippen LogP contribution in [0, 0.1) is 0 Å². The van der Waals surface area contributed by atoms with Crippen molar-refractivity contribution in [3.63, 3.8) is 0 Å². The van der Waals surface area contributed by atoms with Crippen molar-refractivity contribution in [2.24, 2.45) is 0 Å². The first-order chi connectivity index (χ1) is 14.8. The number of pyridine rings is 1. The van der Waals surface area contributed by atoms with Gasteiger partial charge in [0.2, 0.25) is 0 Å². The van der Waals surface area contributed by atoms with Crippen LogP contribution in [0.5, 0.6) is 0 Å². The monoisotopic (exact) mass is 435 g/mol. The summed E-state index contributed by atoms with van der Waals surface area (Å²) in [7, 11) is 0. The van der Waals surface area contributed by atoms with Crippen molar-refractivity contribution in [2.45, 2.75) is 25.3 Å². The number of thiophene rings is 1. The molecule has 4 heterocycles. The molecule has 4 aromatic rings. The molecule has 0 aliphatic carbocycles. The first-order valence-corrected chi connectivity index (χ1v) is 11.8. The molecule has 0 unspecified atom stereocenters. The van der Waals surface area contributed by atoms with Gasteiger partial charge in [-0.1, -0.05) is 24.3 Å². The fourth-order valence-corrected chi connectivity index (χ4v) is 5.16. The van der Waals surface area contributed by atoms with Crippen LogP contribution in [0.3, 0.4) is 0 Å². The summed E-state index contributed by atoms with van der Waals surface area (Å²) >= 11 is 3.27. The van der Waals surface area contributed by atoms with Crippen molar-refractivity contribution in [1.82, 2.24) is 15.3 Å². The van der Waals surface area contributed by atoms with Crippen molar-refractivity contribution < 1.29 is 9.53 Å². The molecule has 1 aromatic carbocycles. The molecule has 5 nitrogen and oxygen atoms in total. The fraction of sp³-hybridized carbons (Fsp3) is 0.261. The number of nitrogens with one attached hydrogen (secondary N) is 1. The van der Waals surface area contributed by atoms with Gasteiger partial charge < -0.3 is 10.1 Å². The van der Waals surface area contributed by atoms with E-state index in [0.29, 0.717) is 12.3 Å². The number of amides is 1. The molecular formula is C23H21N3O2S2. The molecule has 1 atom stereocenters.